The summed E-state index contributed by atoms with van der Waals surface area (Å²) in [6.45, 7) is 0.456. The van der Waals surface area contributed by atoms with Crippen LogP contribution in [0.25, 0.3) is 6.08 Å². The molecule has 1 unspecified atom stereocenters. The van der Waals surface area contributed by atoms with Gasteiger partial charge in [0, 0.05) is 6.08 Å². The van der Waals surface area contributed by atoms with Gasteiger partial charge in [-0.3, -0.25) is 4.79 Å². The van der Waals surface area contributed by atoms with E-state index in [2.05, 4.69) is 15.5 Å². The summed E-state index contributed by atoms with van der Waals surface area (Å²) in [5.74, 6) is 0.424. The minimum Gasteiger partial charge on any atom is -0.465 e. The second-order valence-electron chi connectivity index (χ2n) is 4.90. The Morgan fingerprint density at radius 3 is 2.65 bits per heavy atom. The molecule has 2 heterocycles. The van der Waals surface area contributed by atoms with Gasteiger partial charge in [-0.1, -0.05) is 30.3 Å². The summed E-state index contributed by atoms with van der Waals surface area (Å²) >= 11 is 0. The van der Waals surface area contributed by atoms with Crippen LogP contribution in [0, 0.1) is 0 Å². The number of amides is 1. The van der Waals surface area contributed by atoms with Crippen molar-refractivity contribution in [2.75, 3.05) is 0 Å². The highest BCUT2D eigenvalue weighted by Gasteiger charge is 2.14. The van der Waals surface area contributed by atoms with Crippen LogP contribution < -0.4 is 5.32 Å². The number of hydrogen-bond donors (Lipinski definition) is 1. The van der Waals surface area contributed by atoms with Gasteiger partial charge in [-0.05, 0) is 23.8 Å². The quantitative estimate of drug-likeness (QED) is 0.710. The zero-order valence-corrected chi connectivity index (χ0v) is 12.4. The average Bonchev–Trinajstić information content (AvgIpc) is 3.27. The van der Waals surface area contributed by atoms with Gasteiger partial charge in [0.2, 0.25) is 5.91 Å². The molecule has 116 valence electrons. The van der Waals surface area contributed by atoms with E-state index in [4.69, 9.17) is 4.42 Å². The zero-order valence-electron chi connectivity index (χ0n) is 12.4. The lowest BCUT2D eigenvalue weighted by Crippen LogP contribution is -2.30. The Kier molecular flexibility index (Phi) is 4.63. The predicted molar refractivity (Wildman–Crippen MR) is 85.1 cm³/mol. The summed E-state index contributed by atoms with van der Waals surface area (Å²) in [7, 11) is 0. The van der Waals surface area contributed by atoms with Crippen molar-refractivity contribution in [3.05, 3.63) is 78.5 Å². The molecule has 1 amide bonds. The number of carbonyl (C=O) groups excluding carboxylic acids is 1. The SMILES string of the molecule is O=C(C=Cc1ccco1)NC(Cn1nccn1)c1ccccc1. The molecule has 1 N–H and O–H groups in total. The van der Waals surface area contributed by atoms with E-state index in [0.717, 1.165) is 5.56 Å². The summed E-state index contributed by atoms with van der Waals surface area (Å²) in [5.41, 5.74) is 0.990. The monoisotopic (exact) mass is 308 g/mol. The van der Waals surface area contributed by atoms with Gasteiger partial charge in [0.05, 0.1) is 31.2 Å². The van der Waals surface area contributed by atoms with Gasteiger partial charge in [0.25, 0.3) is 0 Å². The number of carbonyl (C=O) groups is 1. The van der Waals surface area contributed by atoms with Crippen molar-refractivity contribution in [3.63, 3.8) is 0 Å². The first-order valence-electron chi connectivity index (χ1n) is 7.22. The lowest BCUT2D eigenvalue weighted by Gasteiger charge is -2.17. The smallest absolute Gasteiger partial charge is 0.244 e. The molecule has 6 heteroatoms. The Hall–Kier alpha value is -3.15. The Morgan fingerprint density at radius 2 is 1.96 bits per heavy atom. The molecule has 0 saturated heterocycles. The highest BCUT2D eigenvalue weighted by molar-refractivity contribution is 5.91. The second-order valence-corrected chi connectivity index (χ2v) is 4.90. The van der Waals surface area contributed by atoms with Crippen LogP contribution in [-0.2, 0) is 11.3 Å². The normalized spacial score (nSPS) is 12.3. The molecule has 0 aliphatic heterocycles. The molecular weight excluding hydrogens is 292 g/mol. The highest BCUT2D eigenvalue weighted by Crippen LogP contribution is 2.14. The summed E-state index contributed by atoms with van der Waals surface area (Å²) in [6.07, 6.45) is 7.87. The molecule has 1 atom stereocenters. The topological polar surface area (TPSA) is 73.0 Å². The van der Waals surface area contributed by atoms with Gasteiger partial charge < -0.3 is 9.73 Å². The standard InChI is InChI=1S/C17H16N4O2/c22-17(9-8-15-7-4-12-23-15)20-16(13-21-18-10-11-19-21)14-5-2-1-3-6-14/h1-12,16H,13H2,(H,20,22). The van der Waals surface area contributed by atoms with Crippen molar-refractivity contribution >= 4 is 12.0 Å². The van der Waals surface area contributed by atoms with Crippen molar-refractivity contribution in [1.29, 1.82) is 0 Å². The molecule has 0 aliphatic carbocycles. The molecule has 0 spiro atoms. The average molecular weight is 308 g/mol. The summed E-state index contributed by atoms with van der Waals surface area (Å²) in [4.78, 5) is 13.7. The number of rotatable bonds is 6. The first-order valence-corrected chi connectivity index (χ1v) is 7.22. The number of hydrogen-bond acceptors (Lipinski definition) is 4. The molecule has 6 nitrogen and oxygen atoms in total. The highest BCUT2D eigenvalue weighted by atomic mass is 16.3. The van der Waals surface area contributed by atoms with Gasteiger partial charge in [0.15, 0.2) is 0 Å². The molecule has 1 aromatic carbocycles. The van der Waals surface area contributed by atoms with E-state index in [1.165, 1.54) is 6.08 Å². The van der Waals surface area contributed by atoms with E-state index in [1.807, 2.05) is 30.3 Å². The summed E-state index contributed by atoms with van der Waals surface area (Å²) in [5, 5.41) is 11.2. The number of nitrogens with zero attached hydrogens (tertiary/aromatic N) is 3. The molecule has 0 aliphatic rings. The van der Waals surface area contributed by atoms with Crippen LogP contribution in [0.5, 0.6) is 0 Å². The third-order valence-electron chi connectivity index (χ3n) is 3.27. The van der Waals surface area contributed by atoms with Gasteiger partial charge in [-0.25, -0.2) is 0 Å². The third-order valence-corrected chi connectivity index (χ3v) is 3.27. The molecule has 2 aromatic heterocycles. The molecule has 3 rings (SSSR count). The van der Waals surface area contributed by atoms with Gasteiger partial charge in [-0.2, -0.15) is 15.0 Å². The molecular formula is C17H16N4O2. The predicted octanol–water partition coefficient (Wildman–Crippen LogP) is 2.44. The minimum absolute atomic E-state index is 0.206. The van der Waals surface area contributed by atoms with Crippen molar-refractivity contribution in [1.82, 2.24) is 20.3 Å². The Labute approximate surface area is 133 Å². The van der Waals surface area contributed by atoms with E-state index < -0.39 is 0 Å². The van der Waals surface area contributed by atoms with Crippen LogP contribution in [0.2, 0.25) is 0 Å². The number of benzene rings is 1. The van der Waals surface area contributed by atoms with Crippen LogP contribution in [0.3, 0.4) is 0 Å². The minimum atomic E-state index is -0.225. The van der Waals surface area contributed by atoms with Crippen LogP contribution in [-0.4, -0.2) is 20.9 Å². The van der Waals surface area contributed by atoms with Crippen LogP contribution >= 0.6 is 0 Å². The number of nitrogens with one attached hydrogen (secondary N) is 1. The second kappa shape index (κ2) is 7.22. The molecule has 23 heavy (non-hydrogen) atoms. The Bertz CT molecular complexity index is 749. The van der Waals surface area contributed by atoms with Gasteiger partial charge in [-0.15, -0.1) is 0 Å². The fourth-order valence-corrected chi connectivity index (χ4v) is 2.18. The first-order chi connectivity index (χ1) is 11.3. The lowest BCUT2D eigenvalue weighted by atomic mass is 10.1. The fourth-order valence-electron chi connectivity index (χ4n) is 2.18. The molecule has 0 radical (unpaired) electrons. The van der Waals surface area contributed by atoms with E-state index in [0.29, 0.717) is 12.3 Å². The fraction of sp³-hybridized carbons (Fsp3) is 0.118. The van der Waals surface area contributed by atoms with Gasteiger partial charge >= 0.3 is 0 Å². The van der Waals surface area contributed by atoms with Crippen LogP contribution in [0.1, 0.15) is 17.4 Å². The van der Waals surface area contributed by atoms with Crippen molar-refractivity contribution in [3.8, 4) is 0 Å². The molecule has 0 saturated carbocycles. The molecule has 3 aromatic rings. The number of aromatic nitrogens is 3. The van der Waals surface area contributed by atoms with Gasteiger partial charge in [0.1, 0.15) is 5.76 Å². The van der Waals surface area contributed by atoms with Crippen molar-refractivity contribution in [2.24, 2.45) is 0 Å². The van der Waals surface area contributed by atoms with Crippen molar-refractivity contribution in [2.45, 2.75) is 12.6 Å². The lowest BCUT2D eigenvalue weighted by molar-refractivity contribution is -0.117. The van der Waals surface area contributed by atoms with Crippen LogP contribution in [0.4, 0.5) is 0 Å². The maximum absolute atomic E-state index is 12.2. The maximum Gasteiger partial charge on any atom is 0.244 e. The first kappa shape index (κ1) is 14.8. The Balaban J connectivity index is 1.71. The van der Waals surface area contributed by atoms with E-state index in [-0.39, 0.29) is 11.9 Å². The molecule has 0 bridgehead atoms. The number of furan rings is 1. The Morgan fingerprint density at radius 1 is 1.17 bits per heavy atom. The zero-order chi connectivity index (χ0) is 15.9. The summed E-state index contributed by atoms with van der Waals surface area (Å²) < 4.78 is 5.17. The van der Waals surface area contributed by atoms with E-state index in [1.54, 1.807) is 41.7 Å². The summed E-state index contributed by atoms with van der Waals surface area (Å²) in [6, 6.07) is 13.1. The van der Waals surface area contributed by atoms with Crippen LogP contribution in [0.15, 0.2) is 71.6 Å². The van der Waals surface area contributed by atoms with E-state index >= 15 is 0 Å². The van der Waals surface area contributed by atoms with E-state index in [9.17, 15) is 4.79 Å². The third kappa shape index (κ3) is 4.16. The van der Waals surface area contributed by atoms with Crippen molar-refractivity contribution < 1.29 is 9.21 Å². The largest absolute Gasteiger partial charge is 0.465 e. The maximum atomic E-state index is 12.2. The molecule has 0 fully saturated rings.